The minimum absolute atomic E-state index is 0.0207. The smallest absolute Gasteiger partial charge is 0.229 e. The largest absolute Gasteiger partial charge is 0.490 e. The fraction of sp³-hybridized carbons (Fsp3) is 0.238. The van der Waals surface area contributed by atoms with Gasteiger partial charge in [0.1, 0.15) is 12.4 Å². The van der Waals surface area contributed by atoms with Crippen molar-refractivity contribution in [2.75, 3.05) is 23.4 Å². The zero-order chi connectivity index (χ0) is 18.5. The molecule has 1 fully saturated rings. The third-order valence-corrected chi connectivity index (χ3v) is 4.39. The SMILES string of the molecule is C=CCOc1ccc(NC(=O)C2CC(=O)N(c3ccccc3C)C2)cc1. The Labute approximate surface area is 153 Å². The summed E-state index contributed by atoms with van der Waals surface area (Å²) in [7, 11) is 0. The highest BCUT2D eigenvalue weighted by molar-refractivity contribution is 6.03. The lowest BCUT2D eigenvalue weighted by molar-refractivity contribution is -0.122. The number of aryl methyl sites for hydroxylation is 1. The Morgan fingerprint density at radius 2 is 2.00 bits per heavy atom. The maximum atomic E-state index is 12.5. The molecule has 1 atom stereocenters. The quantitative estimate of drug-likeness (QED) is 0.811. The summed E-state index contributed by atoms with van der Waals surface area (Å²) in [5, 5.41) is 2.88. The van der Waals surface area contributed by atoms with E-state index < -0.39 is 0 Å². The van der Waals surface area contributed by atoms with Gasteiger partial charge < -0.3 is 15.0 Å². The summed E-state index contributed by atoms with van der Waals surface area (Å²) in [4.78, 5) is 26.6. The van der Waals surface area contributed by atoms with Crippen molar-refractivity contribution >= 4 is 23.2 Å². The Morgan fingerprint density at radius 3 is 2.69 bits per heavy atom. The van der Waals surface area contributed by atoms with Gasteiger partial charge in [-0.2, -0.15) is 0 Å². The molecule has 1 saturated heterocycles. The van der Waals surface area contributed by atoms with Crippen LogP contribution in [0.2, 0.25) is 0 Å². The maximum Gasteiger partial charge on any atom is 0.229 e. The third kappa shape index (κ3) is 3.94. The molecule has 0 aliphatic carbocycles. The second-order valence-corrected chi connectivity index (χ2v) is 6.31. The summed E-state index contributed by atoms with van der Waals surface area (Å²) >= 11 is 0. The van der Waals surface area contributed by atoms with Crippen molar-refractivity contribution in [3.8, 4) is 5.75 Å². The van der Waals surface area contributed by atoms with Crippen LogP contribution < -0.4 is 15.0 Å². The molecule has 1 unspecified atom stereocenters. The van der Waals surface area contributed by atoms with Crippen molar-refractivity contribution in [2.45, 2.75) is 13.3 Å². The number of hydrogen-bond donors (Lipinski definition) is 1. The highest BCUT2D eigenvalue weighted by atomic mass is 16.5. The van der Waals surface area contributed by atoms with Gasteiger partial charge in [0.25, 0.3) is 0 Å². The summed E-state index contributed by atoms with van der Waals surface area (Å²) in [5.74, 6) is 0.185. The van der Waals surface area contributed by atoms with E-state index in [1.807, 2.05) is 31.2 Å². The Bertz CT molecular complexity index is 814. The molecule has 0 radical (unpaired) electrons. The van der Waals surface area contributed by atoms with Gasteiger partial charge in [0.15, 0.2) is 0 Å². The molecule has 1 heterocycles. The fourth-order valence-corrected chi connectivity index (χ4v) is 3.02. The van der Waals surface area contributed by atoms with E-state index in [1.165, 1.54) is 0 Å². The van der Waals surface area contributed by atoms with Crippen molar-refractivity contribution in [1.29, 1.82) is 0 Å². The van der Waals surface area contributed by atoms with E-state index in [0.717, 1.165) is 11.3 Å². The molecule has 2 aromatic carbocycles. The monoisotopic (exact) mass is 350 g/mol. The molecular formula is C21H22N2O3. The lowest BCUT2D eigenvalue weighted by Gasteiger charge is -2.19. The summed E-state index contributed by atoms with van der Waals surface area (Å²) in [6.45, 7) is 6.40. The van der Waals surface area contributed by atoms with Crippen LogP contribution in [0.4, 0.5) is 11.4 Å². The minimum atomic E-state index is -0.362. The topological polar surface area (TPSA) is 58.6 Å². The lowest BCUT2D eigenvalue weighted by Crippen LogP contribution is -2.28. The average molecular weight is 350 g/mol. The number of carbonyl (C=O) groups is 2. The minimum Gasteiger partial charge on any atom is -0.490 e. The van der Waals surface area contributed by atoms with Gasteiger partial charge in [-0.15, -0.1) is 0 Å². The molecule has 26 heavy (non-hydrogen) atoms. The van der Waals surface area contributed by atoms with E-state index in [-0.39, 0.29) is 24.2 Å². The van der Waals surface area contributed by atoms with Crippen LogP contribution in [0.1, 0.15) is 12.0 Å². The number of nitrogens with one attached hydrogen (secondary N) is 1. The first kappa shape index (κ1) is 17.7. The Balaban J connectivity index is 1.63. The third-order valence-electron chi connectivity index (χ3n) is 4.39. The van der Waals surface area contributed by atoms with Crippen molar-refractivity contribution in [1.82, 2.24) is 0 Å². The van der Waals surface area contributed by atoms with Crippen molar-refractivity contribution in [2.24, 2.45) is 5.92 Å². The molecule has 134 valence electrons. The van der Waals surface area contributed by atoms with Crippen LogP contribution in [0.25, 0.3) is 0 Å². The molecule has 0 spiro atoms. The number of amides is 2. The zero-order valence-electron chi connectivity index (χ0n) is 14.8. The van der Waals surface area contributed by atoms with Crippen LogP contribution in [0.3, 0.4) is 0 Å². The average Bonchev–Trinajstić information content (AvgIpc) is 3.03. The van der Waals surface area contributed by atoms with Gasteiger partial charge in [0, 0.05) is 24.3 Å². The zero-order valence-corrected chi connectivity index (χ0v) is 14.8. The first-order valence-corrected chi connectivity index (χ1v) is 8.59. The van der Waals surface area contributed by atoms with Gasteiger partial charge in [0.2, 0.25) is 11.8 Å². The van der Waals surface area contributed by atoms with Crippen molar-refractivity contribution in [3.63, 3.8) is 0 Å². The number of anilines is 2. The van der Waals surface area contributed by atoms with Crippen LogP contribution in [0.5, 0.6) is 5.75 Å². The maximum absolute atomic E-state index is 12.5. The van der Waals surface area contributed by atoms with Crippen LogP contribution in [0, 0.1) is 12.8 Å². The van der Waals surface area contributed by atoms with E-state index in [4.69, 9.17) is 4.74 Å². The van der Waals surface area contributed by atoms with E-state index in [2.05, 4.69) is 11.9 Å². The van der Waals surface area contributed by atoms with E-state index in [9.17, 15) is 9.59 Å². The van der Waals surface area contributed by atoms with Crippen LogP contribution in [-0.2, 0) is 9.59 Å². The molecule has 0 bridgehead atoms. The highest BCUT2D eigenvalue weighted by Gasteiger charge is 2.35. The highest BCUT2D eigenvalue weighted by Crippen LogP contribution is 2.28. The second kappa shape index (κ2) is 7.87. The molecular weight excluding hydrogens is 328 g/mol. The summed E-state index contributed by atoms with van der Waals surface area (Å²) < 4.78 is 5.42. The van der Waals surface area contributed by atoms with Gasteiger partial charge in [-0.05, 0) is 42.8 Å². The number of para-hydroxylation sites is 1. The number of nitrogens with zero attached hydrogens (tertiary/aromatic N) is 1. The predicted molar refractivity (Wildman–Crippen MR) is 102 cm³/mol. The molecule has 0 aromatic heterocycles. The lowest BCUT2D eigenvalue weighted by atomic mass is 10.1. The molecule has 5 nitrogen and oxygen atoms in total. The van der Waals surface area contributed by atoms with Gasteiger partial charge in [-0.25, -0.2) is 0 Å². The van der Waals surface area contributed by atoms with E-state index in [1.54, 1.807) is 35.2 Å². The Morgan fingerprint density at radius 1 is 1.27 bits per heavy atom. The first-order valence-electron chi connectivity index (χ1n) is 8.59. The van der Waals surface area contributed by atoms with Gasteiger partial charge in [-0.3, -0.25) is 9.59 Å². The van der Waals surface area contributed by atoms with Crippen LogP contribution in [-0.4, -0.2) is 25.0 Å². The molecule has 2 amide bonds. The normalized spacial score (nSPS) is 16.4. The molecule has 5 heteroatoms. The van der Waals surface area contributed by atoms with Crippen molar-refractivity contribution < 1.29 is 14.3 Å². The summed E-state index contributed by atoms with van der Waals surface area (Å²) in [6, 6.07) is 14.9. The summed E-state index contributed by atoms with van der Waals surface area (Å²) in [6.07, 6.45) is 1.90. The Hall–Kier alpha value is -3.08. The number of ether oxygens (including phenoxy) is 1. The summed E-state index contributed by atoms with van der Waals surface area (Å²) in [5.41, 5.74) is 2.58. The molecule has 3 rings (SSSR count). The van der Waals surface area contributed by atoms with E-state index in [0.29, 0.717) is 24.6 Å². The number of rotatable bonds is 6. The van der Waals surface area contributed by atoms with Gasteiger partial charge in [-0.1, -0.05) is 30.9 Å². The standard InChI is InChI=1S/C21H22N2O3/c1-3-12-26-18-10-8-17(9-11-18)22-21(25)16-13-20(24)23(14-16)19-7-5-4-6-15(19)2/h3-11,16H,1,12-14H2,2H3,(H,22,25). The number of benzene rings is 2. The van der Waals surface area contributed by atoms with Crippen molar-refractivity contribution in [3.05, 3.63) is 66.7 Å². The first-order chi connectivity index (χ1) is 12.6. The van der Waals surface area contributed by atoms with E-state index >= 15 is 0 Å². The molecule has 0 saturated carbocycles. The molecule has 1 N–H and O–H groups in total. The van der Waals surface area contributed by atoms with Crippen LogP contribution >= 0.6 is 0 Å². The second-order valence-electron chi connectivity index (χ2n) is 6.31. The van der Waals surface area contributed by atoms with Gasteiger partial charge in [0.05, 0.1) is 5.92 Å². The number of hydrogen-bond acceptors (Lipinski definition) is 3. The number of carbonyl (C=O) groups excluding carboxylic acids is 2. The molecule has 1 aliphatic rings. The molecule has 2 aromatic rings. The Kier molecular flexibility index (Phi) is 5.37. The van der Waals surface area contributed by atoms with Crippen LogP contribution in [0.15, 0.2) is 61.2 Å². The molecule has 1 aliphatic heterocycles. The predicted octanol–water partition coefficient (Wildman–Crippen LogP) is 3.55. The van der Waals surface area contributed by atoms with Gasteiger partial charge >= 0.3 is 0 Å². The fourth-order valence-electron chi connectivity index (χ4n) is 3.02.